The van der Waals surface area contributed by atoms with Gasteiger partial charge in [-0.15, -0.1) is 0 Å². The molecule has 0 N–H and O–H groups in total. The summed E-state index contributed by atoms with van der Waals surface area (Å²) < 4.78 is 0. The molecule has 60 valence electrons. The second-order valence-electron chi connectivity index (χ2n) is 2.20. The second-order valence-corrected chi connectivity index (χ2v) is 2.20. The van der Waals surface area contributed by atoms with E-state index in [-0.39, 0.29) is 0 Å². The first-order valence-electron chi connectivity index (χ1n) is 3.60. The number of nitrogens with zero attached hydrogens (tertiary/aromatic N) is 2. The standard InChI is InChI=1S/C10H10N2/c1-3-10(12-11-2)9-7-5-4-6-8-9/h3-8H,1-2H2/b12-10+. The van der Waals surface area contributed by atoms with E-state index in [2.05, 4.69) is 23.5 Å². The quantitative estimate of drug-likeness (QED) is 0.476. The Morgan fingerprint density at radius 3 is 2.42 bits per heavy atom. The molecule has 1 aromatic carbocycles. The number of hydrogen-bond donors (Lipinski definition) is 0. The van der Waals surface area contributed by atoms with Crippen molar-refractivity contribution in [2.75, 3.05) is 0 Å². The fourth-order valence-electron chi connectivity index (χ4n) is 0.902. The maximum atomic E-state index is 3.83. The molecule has 0 aliphatic heterocycles. The molecular weight excluding hydrogens is 148 g/mol. The van der Waals surface area contributed by atoms with E-state index in [1.807, 2.05) is 30.3 Å². The van der Waals surface area contributed by atoms with Crippen LogP contribution in [0.2, 0.25) is 0 Å². The third-order valence-corrected chi connectivity index (χ3v) is 1.44. The van der Waals surface area contributed by atoms with Gasteiger partial charge in [-0.3, -0.25) is 0 Å². The van der Waals surface area contributed by atoms with Gasteiger partial charge in [0.2, 0.25) is 0 Å². The molecule has 1 aromatic rings. The van der Waals surface area contributed by atoms with Crippen LogP contribution < -0.4 is 0 Å². The predicted octanol–water partition coefficient (Wildman–Crippen LogP) is 2.28. The normalized spacial score (nSPS) is 10.8. The molecule has 2 nitrogen and oxygen atoms in total. The van der Waals surface area contributed by atoms with Crippen molar-refractivity contribution >= 4 is 12.4 Å². The van der Waals surface area contributed by atoms with Gasteiger partial charge >= 0.3 is 0 Å². The van der Waals surface area contributed by atoms with Crippen molar-refractivity contribution in [1.82, 2.24) is 0 Å². The molecule has 1 rings (SSSR count). The molecule has 0 fully saturated rings. The average Bonchev–Trinajstić information content (AvgIpc) is 2.15. The SMILES string of the molecule is C=C/C(=N\N=C)c1ccccc1. The molecule has 0 aliphatic carbocycles. The topological polar surface area (TPSA) is 24.7 Å². The van der Waals surface area contributed by atoms with Crippen LogP contribution in [0.5, 0.6) is 0 Å². The molecule has 12 heavy (non-hydrogen) atoms. The third kappa shape index (κ3) is 1.89. The molecule has 0 aliphatic rings. The Bertz CT molecular complexity index is 299. The van der Waals surface area contributed by atoms with Gasteiger partial charge in [-0.25, -0.2) is 0 Å². The molecule has 0 radical (unpaired) electrons. The molecule has 0 heterocycles. The zero-order chi connectivity index (χ0) is 8.81. The van der Waals surface area contributed by atoms with Crippen LogP contribution >= 0.6 is 0 Å². The van der Waals surface area contributed by atoms with Crippen LogP contribution in [0.15, 0.2) is 53.2 Å². The third-order valence-electron chi connectivity index (χ3n) is 1.44. The lowest BCUT2D eigenvalue weighted by atomic mass is 10.1. The van der Waals surface area contributed by atoms with Gasteiger partial charge in [0.25, 0.3) is 0 Å². The van der Waals surface area contributed by atoms with E-state index in [0.717, 1.165) is 11.3 Å². The zero-order valence-electron chi connectivity index (χ0n) is 6.77. The first-order valence-corrected chi connectivity index (χ1v) is 3.60. The highest BCUT2D eigenvalue weighted by Crippen LogP contribution is 2.01. The van der Waals surface area contributed by atoms with E-state index < -0.39 is 0 Å². The summed E-state index contributed by atoms with van der Waals surface area (Å²) in [7, 11) is 0. The Kier molecular flexibility index (Phi) is 2.96. The Balaban J connectivity index is 3.03. The van der Waals surface area contributed by atoms with E-state index in [0.29, 0.717) is 0 Å². The van der Waals surface area contributed by atoms with Gasteiger partial charge in [0, 0.05) is 12.3 Å². The minimum Gasteiger partial charge on any atom is -0.166 e. The highest BCUT2D eigenvalue weighted by atomic mass is 15.2. The monoisotopic (exact) mass is 158 g/mol. The zero-order valence-corrected chi connectivity index (χ0v) is 6.77. The largest absolute Gasteiger partial charge is 0.166 e. The summed E-state index contributed by atoms with van der Waals surface area (Å²) >= 11 is 0. The van der Waals surface area contributed by atoms with E-state index in [4.69, 9.17) is 0 Å². The van der Waals surface area contributed by atoms with Crippen molar-refractivity contribution in [1.29, 1.82) is 0 Å². The van der Waals surface area contributed by atoms with Crippen molar-refractivity contribution in [2.45, 2.75) is 0 Å². The van der Waals surface area contributed by atoms with Crippen LogP contribution in [0, 0.1) is 0 Å². The van der Waals surface area contributed by atoms with E-state index in [1.54, 1.807) is 6.08 Å². The van der Waals surface area contributed by atoms with E-state index in [1.165, 1.54) is 0 Å². The Hall–Kier alpha value is -1.70. The second kappa shape index (κ2) is 4.23. The molecule has 0 unspecified atom stereocenters. The van der Waals surface area contributed by atoms with Gasteiger partial charge in [0.15, 0.2) is 0 Å². The summed E-state index contributed by atoms with van der Waals surface area (Å²) in [5.74, 6) is 0. The van der Waals surface area contributed by atoms with E-state index >= 15 is 0 Å². The highest BCUT2D eigenvalue weighted by Gasteiger charge is 1.95. The fourth-order valence-corrected chi connectivity index (χ4v) is 0.902. The predicted molar refractivity (Wildman–Crippen MR) is 52.7 cm³/mol. The summed E-state index contributed by atoms with van der Waals surface area (Å²) in [5, 5.41) is 7.28. The van der Waals surface area contributed by atoms with Gasteiger partial charge < -0.3 is 0 Å². The average molecular weight is 158 g/mol. The number of hydrogen-bond acceptors (Lipinski definition) is 2. The van der Waals surface area contributed by atoms with Crippen molar-refractivity contribution in [3.05, 3.63) is 48.6 Å². The van der Waals surface area contributed by atoms with Crippen LogP contribution in [0.3, 0.4) is 0 Å². The summed E-state index contributed by atoms with van der Waals surface area (Å²) in [5.41, 5.74) is 1.74. The smallest absolute Gasteiger partial charge is 0.0922 e. The van der Waals surface area contributed by atoms with Gasteiger partial charge in [0.1, 0.15) is 0 Å². The van der Waals surface area contributed by atoms with Gasteiger partial charge in [-0.2, -0.15) is 10.2 Å². The molecule has 0 amide bonds. The lowest BCUT2D eigenvalue weighted by molar-refractivity contribution is 1.26. The van der Waals surface area contributed by atoms with Gasteiger partial charge in [-0.05, 0) is 6.08 Å². The maximum Gasteiger partial charge on any atom is 0.0922 e. The van der Waals surface area contributed by atoms with Crippen molar-refractivity contribution < 1.29 is 0 Å². The van der Waals surface area contributed by atoms with Crippen LogP contribution in [0.4, 0.5) is 0 Å². The van der Waals surface area contributed by atoms with Crippen molar-refractivity contribution in [3.63, 3.8) is 0 Å². The Labute approximate surface area is 72.0 Å². The molecule has 0 bridgehead atoms. The number of rotatable bonds is 3. The minimum absolute atomic E-state index is 0.741. The minimum atomic E-state index is 0.741. The lowest BCUT2D eigenvalue weighted by Gasteiger charge is -1.96. The maximum absolute atomic E-state index is 3.83. The van der Waals surface area contributed by atoms with Gasteiger partial charge in [-0.1, -0.05) is 36.9 Å². The molecule has 0 saturated heterocycles. The van der Waals surface area contributed by atoms with Crippen molar-refractivity contribution in [3.8, 4) is 0 Å². The first-order chi connectivity index (χ1) is 5.88. The summed E-state index contributed by atoms with van der Waals surface area (Å²) in [6.07, 6.45) is 1.66. The molecule has 2 heteroatoms. The molecule has 0 aromatic heterocycles. The summed E-state index contributed by atoms with van der Waals surface area (Å²) in [6, 6.07) is 9.73. The Morgan fingerprint density at radius 1 is 1.25 bits per heavy atom. The molecule has 0 atom stereocenters. The molecule has 0 saturated carbocycles. The lowest BCUT2D eigenvalue weighted by Crippen LogP contribution is -1.93. The Morgan fingerprint density at radius 2 is 1.92 bits per heavy atom. The van der Waals surface area contributed by atoms with Crippen LogP contribution in [-0.4, -0.2) is 12.4 Å². The van der Waals surface area contributed by atoms with Gasteiger partial charge in [0.05, 0.1) is 5.71 Å². The molecular formula is C10H10N2. The number of allylic oxidation sites excluding steroid dienone is 1. The van der Waals surface area contributed by atoms with Crippen LogP contribution in [0.1, 0.15) is 5.56 Å². The van der Waals surface area contributed by atoms with Crippen LogP contribution in [-0.2, 0) is 0 Å². The number of benzene rings is 1. The highest BCUT2D eigenvalue weighted by molar-refractivity contribution is 6.08. The van der Waals surface area contributed by atoms with Crippen molar-refractivity contribution in [2.24, 2.45) is 10.2 Å². The summed E-state index contributed by atoms with van der Waals surface area (Å²) in [4.78, 5) is 0. The van der Waals surface area contributed by atoms with Crippen LogP contribution in [0.25, 0.3) is 0 Å². The molecule has 0 spiro atoms. The fraction of sp³-hybridized carbons (Fsp3) is 0. The first kappa shape index (κ1) is 8.40. The van der Waals surface area contributed by atoms with E-state index in [9.17, 15) is 0 Å². The summed E-state index contributed by atoms with van der Waals surface area (Å²) in [6.45, 7) is 6.93.